The van der Waals surface area contributed by atoms with Gasteiger partial charge < -0.3 is 15.3 Å². The molecule has 1 atom stereocenters. The Bertz CT molecular complexity index is 444. The van der Waals surface area contributed by atoms with Crippen LogP contribution in [0.15, 0.2) is 18.2 Å². The number of rotatable bonds is 6. The molecule has 4 heteroatoms. The molecule has 0 aliphatic carbocycles. The van der Waals surface area contributed by atoms with E-state index in [2.05, 4.69) is 42.3 Å². The molecule has 0 amide bonds. The van der Waals surface area contributed by atoms with Gasteiger partial charge in [-0.2, -0.15) is 0 Å². The maximum Gasteiger partial charge on any atom is 0.0642 e. The molecule has 1 aromatic carbocycles. The van der Waals surface area contributed by atoms with E-state index < -0.39 is 0 Å². The lowest BCUT2D eigenvalue weighted by molar-refractivity contribution is 0.203. The molecule has 1 fully saturated rings. The number of benzene rings is 1. The molecular weight excluding hydrogens is 284 g/mol. The van der Waals surface area contributed by atoms with Gasteiger partial charge in [0.25, 0.3) is 0 Å². The van der Waals surface area contributed by atoms with Crippen molar-refractivity contribution in [2.75, 3.05) is 31.1 Å². The Kier molecular flexibility index (Phi) is 6.34. The van der Waals surface area contributed by atoms with Gasteiger partial charge in [-0.25, -0.2) is 0 Å². The van der Waals surface area contributed by atoms with Gasteiger partial charge in [-0.05, 0) is 56.3 Å². The van der Waals surface area contributed by atoms with Crippen molar-refractivity contribution in [1.29, 1.82) is 0 Å². The first-order valence-electron chi connectivity index (χ1n) is 8.04. The Morgan fingerprint density at radius 3 is 2.67 bits per heavy atom. The normalized spacial score (nSPS) is 18.0. The molecule has 1 aromatic rings. The van der Waals surface area contributed by atoms with E-state index in [1.165, 1.54) is 5.56 Å². The van der Waals surface area contributed by atoms with Gasteiger partial charge in [0, 0.05) is 25.7 Å². The van der Waals surface area contributed by atoms with Crippen LogP contribution in [0.4, 0.5) is 5.69 Å². The van der Waals surface area contributed by atoms with E-state index in [1.807, 2.05) is 0 Å². The summed E-state index contributed by atoms with van der Waals surface area (Å²) in [6, 6.07) is 6.73. The monoisotopic (exact) mass is 310 g/mol. The van der Waals surface area contributed by atoms with Crippen LogP contribution in [-0.4, -0.2) is 31.3 Å². The zero-order valence-electron chi connectivity index (χ0n) is 13.1. The second-order valence-corrected chi connectivity index (χ2v) is 6.41. The highest BCUT2D eigenvalue weighted by molar-refractivity contribution is 6.33. The Morgan fingerprint density at radius 1 is 1.38 bits per heavy atom. The summed E-state index contributed by atoms with van der Waals surface area (Å²) in [6.45, 7) is 7.64. The molecule has 1 heterocycles. The van der Waals surface area contributed by atoms with Crippen LogP contribution < -0.4 is 10.2 Å². The minimum absolute atomic E-state index is 0.307. The second-order valence-electron chi connectivity index (χ2n) is 6.00. The molecule has 2 rings (SSSR count). The second kappa shape index (κ2) is 8.02. The van der Waals surface area contributed by atoms with Crippen LogP contribution in [0.1, 0.15) is 44.7 Å². The van der Waals surface area contributed by atoms with Crippen molar-refractivity contribution in [2.24, 2.45) is 5.92 Å². The summed E-state index contributed by atoms with van der Waals surface area (Å²) in [5.41, 5.74) is 2.36. The van der Waals surface area contributed by atoms with E-state index in [0.717, 1.165) is 49.6 Å². The largest absolute Gasteiger partial charge is 0.396 e. The molecule has 1 unspecified atom stereocenters. The number of aliphatic hydroxyl groups excluding tert-OH is 1. The van der Waals surface area contributed by atoms with Crippen LogP contribution in [0.5, 0.6) is 0 Å². The van der Waals surface area contributed by atoms with Crippen LogP contribution in [0.3, 0.4) is 0 Å². The van der Waals surface area contributed by atoms with Crippen LogP contribution in [0.2, 0.25) is 5.02 Å². The summed E-state index contributed by atoms with van der Waals surface area (Å²) < 4.78 is 0. The molecule has 0 aromatic heterocycles. The Hall–Kier alpha value is -0.770. The lowest BCUT2D eigenvalue weighted by Gasteiger charge is -2.33. The lowest BCUT2D eigenvalue weighted by Crippen LogP contribution is -2.34. The third kappa shape index (κ3) is 4.35. The number of hydrogen-bond acceptors (Lipinski definition) is 3. The molecule has 0 spiro atoms. The highest BCUT2D eigenvalue weighted by atomic mass is 35.5. The zero-order chi connectivity index (χ0) is 15.2. The fourth-order valence-electron chi connectivity index (χ4n) is 2.88. The first-order chi connectivity index (χ1) is 10.2. The predicted octanol–water partition coefficient (Wildman–Crippen LogP) is 3.61. The summed E-state index contributed by atoms with van der Waals surface area (Å²) in [4.78, 5) is 2.34. The number of halogens is 1. The van der Waals surface area contributed by atoms with Crippen molar-refractivity contribution in [3.63, 3.8) is 0 Å². The van der Waals surface area contributed by atoms with E-state index in [1.54, 1.807) is 0 Å². The highest BCUT2D eigenvalue weighted by Crippen LogP contribution is 2.31. The number of anilines is 1. The molecule has 2 N–H and O–H groups in total. The maximum absolute atomic E-state index is 9.22. The average Bonchev–Trinajstić information content (AvgIpc) is 2.52. The third-order valence-electron chi connectivity index (χ3n) is 4.39. The molecule has 118 valence electrons. The van der Waals surface area contributed by atoms with Gasteiger partial charge >= 0.3 is 0 Å². The van der Waals surface area contributed by atoms with Gasteiger partial charge in [-0.3, -0.25) is 0 Å². The van der Waals surface area contributed by atoms with E-state index in [4.69, 9.17) is 11.6 Å². The summed E-state index contributed by atoms with van der Waals surface area (Å²) in [7, 11) is 0. The number of aliphatic hydroxyl groups is 1. The summed E-state index contributed by atoms with van der Waals surface area (Å²) in [5.74, 6) is 0.456. The average molecular weight is 311 g/mol. The minimum atomic E-state index is 0.307. The minimum Gasteiger partial charge on any atom is -0.396 e. The van der Waals surface area contributed by atoms with Crippen molar-refractivity contribution in [3.8, 4) is 0 Å². The quantitative estimate of drug-likeness (QED) is 0.842. The van der Waals surface area contributed by atoms with Gasteiger partial charge in [0.2, 0.25) is 0 Å². The highest BCUT2D eigenvalue weighted by Gasteiger charge is 2.20. The SMILES string of the molecule is CCCNC(C)c1ccc(N2CCC(CO)CC2)c(Cl)c1. The van der Waals surface area contributed by atoms with E-state index >= 15 is 0 Å². The van der Waals surface area contributed by atoms with Crippen molar-refractivity contribution in [2.45, 2.75) is 39.2 Å². The van der Waals surface area contributed by atoms with Gasteiger partial charge in [0.15, 0.2) is 0 Å². The maximum atomic E-state index is 9.22. The Balaban J connectivity index is 2.02. The van der Waals surface area contributed by atoms with E-state index in [-0.39, 0.29) is 0 Å². The van der Waals surface area contributed by atoms with Crippen molar-refractivity contribution in [3.05, 3.63) is 28.8 Å². The lowest BCUT2D eigenvalue weighted by atomic mass is 9.97. The molecule has 1 aliphatic heterocycles. The van der Waals surface area contributed by atoms with Gasteiger partial charge in [-0.15, -0.1) is 0 Å². The van der Waals surface area contributed by atoms with Gasteiger partial charge in [0.1, 0.15) is 0 Å². The van der Waals surface area contributed by atoms with Crippen molar-refractivity contribution in [1.82, 2.24) is 5.32 Å². The Morgan fingerprint density at radius 2 is 2.10 bits per heavy atom. The third-order valence-corrected chi connectivity index (χ3v) is 4.69. The van der Waals surface area contributed by atoms with Gasteiger partial charge in [-0.1, -0.05) is 24.6 Å². The standard InChI is InChI=1S/C17H27ClN2O/c1-3-8-19-13(2)15-4-5-17(16(18)11-15)20-9-6-14(12-21)7-10-20/h4-5,11,13-14,19,21H,3,6-10,12H2,1-2H3. The van der Waals surface area contributed by atoms with E-state index in [0.29, 0.717) is 18.6 Å². The first kappa shape index (κ1) is 16.6. The fourth-order valence-corrected chi connectivity index (χ4v) is 3.19. The number of hydrogen-bond donors (Lipinski definition) is 2. The van der Waals surface area contributed by atoms with Crippen molar-refractivity contribution >= 4 is 17.3 Å². The number of nitrogens with one attached hydrogen (secondary N) is 1. The smallest absolute Gasteiger partial charge is 0.0642 e. The van der Waals surface area contributed by atoms with Crippen LogP contribution >= 0.6 is 11.6 Å². The molecule has 0 radical (unpaired) electrons. The molecule has 21 heavy (non-hydrogen) atoms. The molecule has 1 saturated heterocycles. The topological polar surface area (TPSA) is 35.5 Å². The van der Waals surface area contributed by atoms with Crippen LogP contribution in [0.25, 0.3) is 0 Å². The zero-order valence-corrected chi connectivity index (χ0v) is 13.9. The molecule has 0 bridgehead atoms. The number of piperidine rings is 1. The molecule has 3 nitrogen and oxygen atoms in total. The van der Waals surface area contributed by atoms with E-state index in [9.17, 15) is 5.11 Å². The van der Waals surface area contributed by atoms with Gasteiger partial charge in [0.05, 0.1) is 10.7 Å². The summed E-state index contributed by atoms with van der Waals surface area (Å²) >= 11 is 6.49. The summed E-state index contributed by atoms with van der Waals surface area (Å²) in [6.07, 6.45) is 3.22. The van der Waals surface area contributed by atoms with Crippen LogP contribution in [0, 0.1) is 5.92 Å². The summed E-state index contributed by atoms with van der Waals surface area (Å²) in [5, 5.41) is 13.5. The predicted molar refractivity (Wildman–Crippen MR) is 90.2 cm³/mol. The van der Waals surface area contributed by atoms with Crippen molar-refractivity contribution < 1.29 is 5.11 Å². The number of nitrogens with zero attached hydrogens (tertiary/aromatic N) is 1. The first-order valence-corrected chi connectivity index (χ1v) is 8.42. The molecule has 0 saturated carbocycles. The molecular formula is C17H27ClN2O. The Labute approximate surface area is 133 Å². The van der Waals surface area contributed by atoms with Crippen LogP contribution in [-0.2, 0) is 0 Å². The fraction of sp³-hybridized carbons (Fsp3) is 0.647. The molecule has 1 aliphatic rings.